The van der Waals surface area contributed by atoms with Gasteiger partial charge in [-0.15, -0.1) is 0 Å². The first-order chi connectivity index (χ1) is 16.5. The fourth-order valence-corrected chi connectivity index (χ4v) is 4.14. The Labute approximate surface area is 205 Å². The molecule has 0 aromatic heterocycles. The van der Waals surface area contributed by atoms with Crippen LogP contribution in [0.25, 0.3) is 0 Å². The van der Waals surface area contributed by atoms with Gasteiger partial charge in [0.1, 0.15) is 11.9 Å². The van der Waals surface area contributed by atoms with Crippen molar-refractivity contribution in [2.75, 3.05) is 43.6 Å². The Balaban J connectivity index is 1.91. The van der Waals surface area contributed by atoms with E-state index in [1.54, 1.807) is 48.2 Å². The molecule has 11 heteroatoms. The molecule has 0 aliphatic carbocycles. The van der Waals surface area contributed by atoms with Crippen LogP contribution in [0.1, 0.15) is 24.2 Å². The van der Waals surface area contributed by atoms with Gasteiger partial charge in [-0.2, -0.15) is 0 Å². The third-order valence-corrected chi connectivity index (χ3v) is 7.24. The van der Waals surface area contributed by atoms with E-state index in [0.717, 1.165) is 6.26 Å². The van der Waals surface area contributed by atoms with Gasteiger partial charge < -0.3 is 25.4 Å². The molecule has 0 unspecified atom stereocenters. The second-order valence-corrected chi connectivity index (χ2v) is 10.9. The number of amides is 3. The number of ether oxygens (including phenoxy) is 1. The number of likely N-dealkylation sites (N-methyl/N-ethyl adjacent to an activating group) is 1. The highest BCUT2D eigenvalue weighted by Gasteiger charge is 2.34. The van der Waals surface area contributed by atoms with Gasteiger partial charge in [0.25, 0.3) is 5.91 Å². The molecule has 0 fully saturated rings. The zero-order valence-corrected chi connectivity index (χ0v) is 21.1. The minimum absolute atomic E-state index is 0.0917. The van der Waals surface area contributed by atoms with Gasteiger partial charge in [0.2, 0.25) is 10.0 Å². The lowest BCUT2D eigenvalue weighted by Gasteiger charge is -2.38. The van der Waals surface area contributed by atoms with Gasteiger partial charge in [-0.25, -0.2) is 17.5 Å². The number of hydrogen-bond donors (Lipinski definition) is 3. The van der Waals surface area contributed by atoms with Crippen LogP contribution in [-0.2, 0) is 10.0 Å². The Kier molecular flexibility index (Phi) is 8.36. The van der Waals surface area contributed by atoms with Crippen molar-refractivity contribution in [1.82, 2.24) is 9.21 Å². The van der Waals surface area contributed by atoms with Crippen LogP contribution in [0.15, 0.2) is 48.5 Å². The summed E-state index contributed by atoms with van der Waals surface area (Å²) in [5.41, 5.74) is 1.20. The first-order valence-corrected chi connectivity index (χ1v) is 13.1. The van der Waals surface area contributed by atoms with E-state index >= 15 is 0 Å². The van der Waals surface area contributed by atoms with E-state index in [4.69, 9.17) is 4.74 Å². The lowest BCUT2D eigenvalue weighted by Crippen LogP contribution is -2.50. The van der Waals surface area contributed by atoms with Crippen LogP contribution in [0.3, 0.4) is 0 Å². The molecule has 3 atom stereocenters. The summed E-state index contributed by atoms with van der Waals surface area (Å²) in [4.78, 5) is 27.4. The molecule has 1 heterocycles. The third kappa shape index (κ3) is 6.71. The molecule has 35 heavy (non-hydrogen) atoms. The Bertz CT molecular complexity index is 1160. The van der Waals surface area contributed by atoms with Crippen LogP contribution in [-0.4, -0.2) is 79.8 Å². The van der Waals surface area contributed by atoms with Gasteiger partial charge in [0, 0.05) is 30.9 Å². The van der Waals surface area contributed by atoms with Crippen molar-refractivity contribution in [2.45, 2.75) is 26.0 Å². The van der Waals surface area contributed by atoms with Crippen molar-refractivity contribution in [3.63, 3.8) is 0 Å². The minimum atomic E-state index is -3.44. The van der Waals surface area contributed by atoms with Crippen LogP contribution in [0.2, 0.25) is 0 Å². The van der Waals surface area contributed by atoms with E-state index in [2.05, 4.69) is 10.6 Å². The molecule has 0 saturated carbocycles. The number of fused-ring (bicyclic) bond motifs is 1. The molecular formula is C24H32N4O6S. The zero-order chi connectivity index (χ0) is 25.8. The van der Waals surface area contributed by atoms with E-state index in [1.165, 1.54) is 17.4 Å². The van der Waals surface area contributed by atoms with Gasteiger partial charge in [-0.3, -0.25) is 4.79 Å². The largest absolute Gasteiger partial charge is 0.488 e. The Morgan fingerprint density at radius 1 is 1.20 bits per heavy atom. The monoisotopic (exact) mass is 504 g/mol. The number of urea groups is 1. The summed E-state index contributed by atoms with van der Waals surface area (Å²) in [5.74, 6) is -0.298. The van der Waals surface area contributed by atoms with Gasteiger partial charge >= 0.3 is 6.03 Å². The molecule has 190 valence electrons. The number of sulfonamides is 1. The topological polar surface area (TPSA) is 128 Å². The highest BCUT2D eigenvalue weighted by atomic mass is 32.2. The molecule has 1 aliphatic heterocycles. The zero-order valence-electron chi connectivity index (χ0n) is 20.3. The first kappa shape index (κ1) is 26.5. The average molecular weight is 505 g/mol. The predicted octanol–water partition coefficient (Wildman–Crippen LogP) is 2.44. The number of para-hydroxylation sites is 1. The molecule has 0 spiro atoms. The number of carbonyl (C=O) groups excluding carboxylic acids is 2. The highest BCUT2D eigenvalue weighted by Crippen LogP contribution is 2.31. The molecule has 3 N–H and O–H groups in total. The molecule has 10 nitrogen and oxygen atoms in total. The number of nitrogens with zero attached hydrogens (tertiary/aromatic N) is 2. The number of anilines is 2. The Morgan fingerprint density at radius 3 is 2.49 bits per heavy atom. The van der Waals surface area contributed by atoms with Crippen molar-refractivity contribution in [3.8, 4) is 5.75 Å². The summed E-state index contributed by atoms with van der Waals surface area (Å²) < 4.78 is 31.3. The Morgan fingerprint density at radius 2 is 1.86 bits per heavy atom. The van der Waals surface area contributed by atoms with Crippen LogP contribution in [0.5, 0.6) is 5.75 Å². The lowest BCUT2D eigenvalue weighted by molar-refractivity contribution is 0.0387. The average Bonchev–Trinajstić information content (AvgIpc) is 2.81. The molecule has 2 aromatic carbocycles. The van der Waals surface area contributed by atoms with Gasteiger partial charge in [0.15, 0.2) is 0 Å². The minimum Gasteiger partial charge on any atom is -0.488 e. The number of hydrogen-bond acceptors (Lipinski definition) is 6. The molecule has 2 aromatic rings. The maximum Gasteiger partial charge on any atom is 0.323 e. The fraction of sp³-hybridized carbons (Fsp3) is 0.417. The number of aliphatic hydroxyl groups is 1. The SMILES string of the molecule is C[C@H](CO)N1C[C@H](C)[C@H](CN(C)S(C)(=O)=O)Oc2ccc(NC(=O)Nc3ccccc3)cc2C1=O. The summed E-state index contributed by atoms with van der Waals surface area (Å²) >= 11 is 0. The predicted molar refractivity (Wildman–Crippen MR) is 134 cm³/mol. The maximum atomic E-state index is 13.5. The molecule has 3 amide bonds. The van der Waals surface area contributed by atoms with E-state index in [1.807, 2.05) is 13.0 Å². The van der Waals surface area contributed by atoms with E-state index < -0.39 is 28.2 Å². The molecular weight excluding hydrogens is 472 g/mol. The molecule has 3 rings (SSSR count). The highest BCUT2D eigenvalue weighted by molar-refractivity contribution is 7.88. The van der Waals surface area contributed by atoms with E-state index in [9.17, 15) is 23.1 Å². The first-order valence-electron chi connectivity index (χ1n) is 11.3. The van der Waals surface area contributed by atoms with Crippen molar-refractivity contribution < 1.29 is 27.9 Å². The second kappa shape index (κ2) is 11.1. The van der Waals surface area contributed by atoms with Crippen molar-refractivity contribution >= 4 is 33.3 Å². The Hall–Kier alpha value is -3.15. The van der Waals surface area contributed by atoms with E-state index in [0.29, 0.717) is 11.4 Å². The number of benzene rings is 2. The van der Waals surface area contributed by atoms with Gasteiger partial charge in [0.05, 0.1) is 31.0 Å². The molecule has 1 aliphatic rings. The summed E-state index contributed by atoms with van der Waals surface area (Å²) in [6.07, 6.45) is 0.576. The van der Waals surface area contributed by atoms with Crippen LogP contribution >= 0.6 is 0 Å². The lowest BCUT2D eigenvalue weighted by atomic mass is 9.99. The molecule has 0 saturated heterocycles. The standard InChI is InChI=1S/C24H32N4O6S/c1-16-13-28(17(2)15-29)23(30)20-12-19(26-24(31)25-18-8-6-5-7-9-18)10-11-21(20)34-22(16)14-27(3)35(4,32)33/h5-12,16-17,22,29H,13-15H2,1-4H3,(H2,25,26,31)/t16-,17+,22-/m0/s1. The number of carbonyl (C=O) groups is 2. The van der Waals surface area contributed by atoms with Crippen LogP contribution < -0.4 is 15.4 Å². The number of rotatable bonds is 7. The van der Waals surface area contributed by atoms with Crippen LogP contribution in [0.4, 0.5) is 16.2 Å². The van der Waals surface area contributed by atoms with Crippen molar-refractivity contribution in [1.29, 1.82) is 0 Å². The second-order valence-electron chi connectivity index (χ2n) is 8.82. The van der Waals surface area contributed by atoms with E-state index in [-0.39, 0.29) is 42.8 Å². The van der Waals surface area contributed by atoms with Crippen LogP contribution in [0, 0.1) is 5.92 Å². The summed E-state index contributed by atoms with van der Waals surface area (Å²) in [5, 5.41) is 15.2. The smallest absolute Gasteiger partial charge is 0.323 e. The summed E-state index contributed by atoms with van der Waals surface area (Å²) in [6, 6.07) is 12.7. The van der Waals surface area contributed by atoms with Gasteiger partial charge in [-0.05, 0) is 37.3 Å². The number of aliphatic hydroxyl groups excluding tert-OH is 1. The normalized spacial score (nSPS) is 19.3. The van der Waals surface area contributed by atoms with Crippen molar-refractivity contribution in [3.05, 3.63) is 54.1 Å². The molecule has 0 bridgehead atoms. The summed E-state index contributed by atoms with van der Waals surface area (Å²) in [6.45, 7) is 3.72. The van der Waals surface area contributed by atoms with Crippen molar-refractivity contribution in [2.24, 2.45) is 5.92 Å². The maximum absolute atomic E-state index is 13.5. The molecule has 0 radical (unpaired) electrons. The van der Waals surface area contributed by atoms with Gasteiger partial charge in [-0.1, -0.05) is 25.1 Å². The fourth-order valence-electron chi connectivity index (χ4n) is 3.72. The summed E-state index contributed by atoms with van der Waals surface area (Å²) in [7, 11) is -1.96. The number of nitrogens with one attached hydrogen (secondary N) is 2. The third-order valence-electron chi connectivity index (χ3n) is 5.96. The quantitative estimate of drug-likeness (QED) is 0.531.